The maximum atomic E-state index is 9.51. The van der Waals surface area contributed by atoms with Gasteiger partial charge in [0.1, 0.15) is 0 Å². The molecule has 0 aromatic carbocycles. The van der Waals surface area contributed by atoms with Gasteiger partial charge in [-0.3, -0.25) is 4.79 Å². The fourth-order valence-corrected chi connectivity index (χ4v) is 0. The molecule has 3 nitrogen and oxygen atoms in total. The number of halogens is 1. The number of nitrogens with one attached hydrogen (secondary N) is 1. The van der Waals surface area contributed by atoms with Gasteiger partial charge in [0.15, 0.2) is 0 Å². The summed E-state index contributed by atoms with van der Waals surface area (Å²) in [6.07, 6.45) is 0. The average molecular weight is 329 g/mol. The van der Waals surface area contributed by atoms with Crippen molar-refractivity contribution < 1.29 is 27.5 Å². The monoisotopic (exact) mass is 330 g/mol. The van der Waals surface area contributed by atoms with Gasteiger partial charge in [-0.25, -0.2) is 0 Å². The van der Waals surface area contributed by atoms with Crippen molar-refractivity contribution in [3.63, 3.8) is 0 Å². The summed E-state index contributed by atoms with van der Waals surface area (Å²) < 4.78 is 0. The molecule has 0 aromatic rings. The topological polar surface area (TPSA) is 61.1 Å². The molecule has 0 saturated carbocycles. The minimum absolute atomic E-state index is 0. The predicted molar refractivity (Wildman–Crippen MR) is 33.7 cm³/mol. The van der Waals surface area contributed by atoms with E-state index in [0.717, 1.165) is 0 Å². The van der Waals surface area contributed by atoms with Gasteiger partial charge in [0.2, 0.25) is 0 Å². The van der Waals surface area contributed by atoms with Gasteiger partial charge in [0, 0.05) is 0 Å². The van der Waals surface area contributed by atoms with Gasteiger partial charge >= 0.3 is 27.2 Å². The second-order valence-corrected chi connectivity index (χ2v) is 1.06. The molecule has 0 aliphatic heterocycles. The first-order chi connectivity index (χ1) is 3.64. The van der Waals surface area contributed by atoms with Gasteiger partial charge in [0.25, 0.3) is 5.97 Å². The van der Waals surface area contributed by atoms with Gasteiger partial charge in [-0.1, -0.05) is 6.92 Å². The molecule has 5 heteroatoms. The van der Waals surface area contributed by atoms with E-state index in [9.17, 15) is 4.79 Å². The number of carbonyl (C=O) groups is 1. The minimum atomic E-state index is -1.07. The molecule has 0 rings (SSSR count). The zero-order chi connectivity index (χ0) is 7.15. The Labute approximate surface area is 69.5 Å². The quantitative estimate of drug-likeness (QED) is 0.744. The third kappa shape index (κ3) is 17.8. The van der Waals surface area contributed by atoms with Crippen molar-refractivity contribution in [3.05, 3.63) is 13.2 Å². The van der Waals surface area contributed by atoms with Crippen LogP contribution in [0.1, 0.15) is 6.92 Å². The first kappa shape index (κ1) is 16.2. The third-order valence-corrected chi connectivity index (χ3v) is 0.370. The number of carboxylic acids is 1. The molecule has 2 N–H and O–H groups in total. The standard InChI is InChI=1S/C3H6NO2.CH3.ClH.Os/c1-2(4)3(5)6;;;/h2,4H,1H3,(H,5,6);1H3;1H;/q2*-1;;+1/p-1. The van der Waals surface area contributed by atoms with Gasteiger partial charge in [-0.05, 0) is 6.04 Å². The zero-order valence-electron chi connectivity index (χ0n) is 5.16. The van der Waals surface area contributed by atoms with Crippen molar-refractivity contribution in [2.75, 3.05) is 0 Å². The normalized spacial score (nSPS) is 9.78. The molecule has 9 heavy (non-hydrogen) atoms. The molecule has 0 radical (unpaired) electrons. The van der Waals surface area contributed by atoms with Crippen LogP contribution in [0.5, 0.6) is 0 Å². The Morgan fingerprint density at radius 2 is 1.89 bits per heavy atom. The molecule has 0 spiro atoms. The molecular formula is C4H9ClNO2Os-2. The van der Waals surface area contributed by atoms with Crippen molar-refractivity contribution in [3.8, 4) is 0 Å². The third-order valence-electron chi connectivity index (χ3n) is 0.370. The molecule has 0 saturated heterocycles. The van der Waals surface area contributed by atoms with E-state index in [1.54, 1.807) is 0 Å². The number of aliphatic carboxylic acids is 1. The number of carboxylic acid groups (broad SMARTS) is 1. The van der Waals surface area contributed by atoms with E-state index in [-0.39, 0.29) is 7.43 Å². The van der Waals surface area contributed by atoms with E-state index in [4.69, 9.17) is 10.8 Å². The summed E-state index contributed by atoms with van der Waals surface area (Å²) in [6.45, 7) is 1.31. The van der Waals surface area contributed by atoms with E-state index in [2.05, 4.69) is 9.64 Å². The summed E-state index contributed by atoms with van der Waals surface area (Å²) in [5.41, 5.74) is 6.43. The number of hydrogen-bond donors (Lipinski definition) is 1. The molecule has 0 aliphatic carbocycles. The Hall–Kier alpha value is 0.356. The Balaban J connectivity index is -0.000000109. The van der Waals surface area contributed by atoms with Crippen LogP contribution in [0.15, 0.2) is 0 Å². The van der Waals surface area contributed by atoms with E-state index in [1.165, 1.54) is 24.5 Å². The van der Waals surface area contributed by atoms with E-state index in [0.29, 0.717) is 0 Å². The van der Waals surface area contributed by atoms with Crippen LogP contribution in [0.4, 0.5) is 0 Å². The Bertz CT molecular complexity index is 69.6. The van der Waals surface area contributed by atoms with Gasteiger partial charge in [0.05, 0.1) is 0 Å². The molecule has 0 amide bonds. The summed E-state index contributed by atoms with van der Waals surface area (Å²) >= 11 is 1.33. The van der Waals surface area contributed by atoms with Crippen molar-refractivity contribution in [1.82, 2.24) is 0 Å². The summed E-state index contributed by atoms with van der Waals surface area (Å²) in [5.74, 6) is -1.07. The number of hydrogen-bond acceptors (Lipinski definition) is 1. The SMILES string of the molecule is CC([NH-])C(=O)O.[CH3-].[Cl][Os]. The predicted octanol–water partition coefficient (Wildman–Crippen LogP) is 1.65. The van der Waals surface area contributed by atoms with Crippen LogP contribution in [0.25, 0.3) is 5.73 Å². The molecular weight excluding hydrogens is 320 g/mol. The number of rotatable bonds is 1. The molecule has 1 atom stereocenters. The molecule has 0 fully saturated rings. The van der Waals surface area contributed by atoms with Crippen molar-refractivity contribution in [2.45, 2.75) is 13.0 Å². The molecule has 1 unspecified atom stereocenters. The first-order valence-electron chi connectivity index (χ1n) is 1.72. The Morgan fingerprint density at radius 1 is 1.78 bits per heavy atom. The Kier molecular flexibility index (Phi) is 20.1. The fraction of sp³-hybridized carbons (Fsp3) is 0.500. The summed E-state index contributed by atoms with van der Waals surface area (Å²) in [6, 6.07) is -0.981. The zero-order valence-corrected chi connectivity index (χ0v) is 8.46. The van der Waals surface area contributed by atoms with E-state index in [1.807, 2.05) is 0 Å². The van der Waals surface area contributed by atoms with Crippen molar-refractivity contribution in [2.24, 2.45) is 0 Å². The van der Waals surface area contributed by atoms with Gasteiger partial charge in [-0.2, -0.15) is 0 Å². The van der Waals surface area contributed by atoms with Gasteiger partial charge < -0.3 is 18.3 Å². The maximum absolute atomic E-state index is 9.51. The molecule has 0 heterocycles. The second-order valence-electron chi connectivity index (χ2n) is 1.06. The van der Waals surface area contributed by atoms with E-state index < -0.39 is 12.0 Å². The summed E-state index contributed by atoms with van der Waals surface area (Å²) in [7, 11) is 4.67. The molecule has 59 valence electrons. The summed E-state index contributed by atoms with van der Waals surface area (Å²) in [5, 5.41) is 7.80. The van der Waals surface area contributed by atoms with E-state index >= 15 is 0 Å². The second kappa shape index (κ2) is 11.2. The van der Waals surface area contributed by atoms with Crippen LogP contribution in [0.3, 0.4) is 0 Å². The van der Waals surface area contributed by atoms with Crippen LogP contribution < -0.4 is 0 Å². The summed E-state index contributed by atoms with van der Waals surface area (Å²) in [4.78, 5) is 9.51. The average Bonchev–Trinajstić information content (AvgIpc) is 1.72. The van der Waals surface area contributed by atoms with Crippen LogP contribution in [0, 0.1) is 7.43 Å². The fourth-order valence-electron chi connectivity index (χ4n) is 0. The Morgan fingerprint density at radius 3 is 1.89 bits per heavy atom. The molecule has 0 aliphatic rings. The molecule has 0 bridgehead atoms. The molecule has 0 aromatic heterocycles. The van der Waals surface area contributed by atoms with Gasteiger partial charge in [-0.15, -0.1) is 0 Å². The van der Waals surface area contributed by atoms with Crippen LogP contribution >= 0.6 is 9.64 Å². The first-order valence-corrected chi connectivity index (χ1v) is 4.86. The van der Waals surface area contributed by atoms with Crippen molar-refractivity contribution >= 4 is 15.6 Å². The van der Waals surface area contributed by atoms with Crippen LogP contribution in [0.2, 0.25) is 0 Å². The van der Waals surface area contributed by atoms with Crippen molar-refractivity contribution in [1.29, 1.82) is 0 Å². The van der Waals surface area contributed by atoms with Crippen LogP contribution in [-0.4, -0.2) is 17.1 Å². The van der Waals surface area contributed by atoms with Crippen LogP contribution in [-0.2, 0) is 22.4 Å².